The van der Waals surface area contributed by atoms with Crippen LogP contribution in [0.5, 0.6) is 5.75 Å². The maximum atomic E-state index is 11.9. The Morgan fingerprint density at radius 1 is 1.27 bits per heavy atom. The third-order valence-corrected chi connectivity index (χ3v) is 5.10. The SMILES string of the molecule is CC.CCPC(=O)c1ccc(OCC2Cc3nc(C)[nH]c(=O)c3C2)cc1. The molecule has 2 atom stereocenters. The quantitative estimate of drug-likeness (QED) is 0.782. The number of nitrogens with one attached hydrogen (secondary N) is 1. The molecule has 1 aromatic heterocycles. The number of benzene rings is 1. The van der Waals surface area contributed by atoms with Crippen molar-refractivity contribution in [3.8, 4) is 5.75 Å². The molecule has 1 aromatic carbocycles. The predicted molar refractivity (Wildman–Crippen MR) is 107 cm³/mol. The van der Waals surface area contributed by atoms with Crippen LogP contribution in [0, 0.1) is 12.8 Å². The number of H-pyrrole nitrogens is 1. The zero-order chi connectivity index (χ0) is 19.1. The maximum absolute atomic E-state index is 11.9. The molecule has 140 valence electrons. The fraction of sp³-hybridized carbons (Fsp3) is 0.450. The van der Waals surface area contributed by atoms with Gasteiger partial charge in [0.2, 0.25) is 0 Å². The standard InChI is InChI=1S/C18H21N2O3P.C2H6/c1-3-24-18(22)13-4-6-14(7-5-13)23-10-12-8-15-16(9-12)19-11(2)20-17(15)21;1-2/h4-7,12,24H,3,8-10H2,1-2H3,(H,19,20,21);1-2H3. The first-order valence-corrected chi connectivity index (χ1v) is 10.4. The van der Waals surface area contributed by atoms with Crippen molar-refractivity contribution in [2.24, 2.45) is 5.92 Å². The molecular formula is C20H27N2O3P. The van der Waals surface area contributed by atoms with Crippen molar-refractivity contribution in [3.05, 3.63) is 57.3 Å². The van der Waals surface area contributed by atoms with Gasteiger partial charge in [-0.15, -0.1) is 0 Å². The summed E-state index contributed by atoms with van der Waals surface area (Å²) in [6.45, 7) is 8.35. The summed E-state index contributed by atoms with van der Waals surface area (Å²) in [6, 6.07) is 7.31. The molecule has 0 fully saturated rings. The second-order valence-electron chi connectivity index (χ2n) is 6.05. The van der Waals surface area contributed by atoms with Gasteiger partial charge >= 0.3 is 0 Å². The summed E-state index contributed by atoms with van der Waals surface area (Å²) in [5, 5.41) is 0. The van der Waals surface area contributed by atoms with Crippen molar-refractivity contribution in [2.75, 3.05) is 12.8 Å². The number of hydrogen-bond acceptors (Lipinski definition) is 4. The predicted octanol–water partition coefficient (Wildman–Crippen LogP) is 3.74. The van der Waals surface area contributed by atoms with E-state index in [1.54, 1.807) is 6.92 Å². The number of carbonyl (C=O) groups is 1. The summed E-state index contributed by atoms with van der Waals surface area (Å²) in [4.78, 5) is 31.0. The molecule has 5 nitrogen and oxygen atoms in total. The Hall–Kier alpha value is -2.00. The number of rotatable bonds is 6. The van der Waals surface area contributed by atoms with Gasteiger partial charge in [0.1, 0.15) is 11.6 Å². The zero-order valence-electron chi connectivity index (χ0n) is 15.9. The summed E-state index contributed by atoms with van der Waals surface area (Å²) in [5.41, 5.74) is 2.58. The molecular weight excluding hydrogens is 347 g/mol. The van der Waals surface area contributed by atoms with Gasteiger partial charge in [0.05, 0.1) is 12.3 Å². The number of fused-ring (bicyclic) bond motifs is 1. The van der Waals surface area contributed by atoms with Gasteiger partial charge in [0.25, 0.3) is 5.56 Å². The molecule has 1 aliphatic rings. The molecule has 2 aromatic rings. The second kappa shape index (κ2) is 9.63. The van der Waals surface area contributed by atoms with Crippen molar-refractivity contribution in [2.45, 2.75) is 40.5 Å². The molecule has 0 amide bonds. The summed E-state index contributed by atoms with van der Waals surface area (Å²) in [5.74, 6) is 1.67. The number of aryl methyl sites for hydroxylation is 1. The van der Waals surface area contributed by atoms with E-state index < -0.39 is 0 Å². The van der Waals surface area contributed by atoms with Crippen molar-refractivity contribution in [3.63, 3.8) is 0 Å². The van der Waals surface area contributed by atoms with Gasteiger partial charge in [0, 0.05) is 17.0 Å². The molecule has 0 saturated heterocycles. The van der Waals surface area contributed by atoms with Crippen LogP contribution in [0.1, 0.15) is 48.2 Å². The topological polar surface area (TPSA) is 72.0 Å². The van der Waals surface area contributed by atoms with E-state index in [4.69, 9.17) is 4.74 Å². The van der Waals surface area contributed by atoms with Gasteiger partial charge < -0.3 is 9.72 Å². The van der Waals surface area contributed by atoms with Gasteiger partial charge in [-0.3, -0.25) is 9.59 Å². The lowest BCUT2D eigenvalue weighted by Gasteiger charge is -2.11. The lowest BCUT2D eigenvalue weighted by molar-refractivity contribution is 0.108. The van der Waals surface area contributed by atoms with E-state index in [0.29, 0.717) is 27.4 Å². The highest BCUT2D eigenvalue weighted by molar-refractivity contribution is 7.58. The minimum absolute atomic E-state index is 0.0281. The van der Waals surface area contributed by atoms with E-state index in [1.807, 2.05) is 45.0 Å². The third kappa shape index (κ3) is 5.01. The van der Waals surface area contributed by atoms with Crippen LogP contribution in [0.3, 0.4) is 0 Å². The maximum Gasteiger partial charge on any atom is 0.254 e. The molecule has 0 radical (unpaired) electrons. The highest BCUT2D eigenvalue weighted by Crippen LogP contribution is 2.24. The molecule has 1 aliphatic carbocycles. The molecule has 1 N–H and O–H groups in total. The normalized spacial score (nSPS) is 15.5. The van der Waals surface area contributed by atoms with Crippen LogP contribution < -0.4 is 10.3 Å². The Morgan fingerprint density at radius 3 is 2.62 bits per heavy atom. The average Bonchev–Trinajstić information content (AvgIpc) is 3.05. The molecule has 3 rings (SSSR count). The molecule has 0 saturated carbocycles. The summed E-state index contributed by atoms with van der Waals surface area (Å²) in [6.07, 6.45) is 2.35. The highest BCUT2D eigenvalue weighted by atomic mass is 31.1. The molecule has 0 spiro atoms. The van der Waals surface area contributed by atoms with Crippen LogP contribution in [0.2, 0.25) is 0 Å². The smallest absolute Gasteiger partial charge is 0.254 e. The van der Waals surface area contributed by atoms with Crippen LogP contribution >= 0.6 is 8.58 Å². The van der Waals surface area contributed by atoms with Crippen LogP contribution in [0.4, 0.5) is 0 Å². The lowest BCUT2D eigenvalue weighted by atomic mass is 10.1. The summed E-state index contributed by atoms with van der Waals surface area (Å²) >= 11 is 0. The minimum atomic E-state index is -0.0281. The number of nitrogens with zero attached hydrogens (tertiary/aromatic N) is 1. The van der Waals surface area contributed by atoms with Crippen molar-refractivity contribution in [1.82, 2.24) is 9.97 Å². The van der Waals surface area contributed by atoms with E-state index >= 15 is 0 Å². The summed E-state index contributed by atoms with van der Waals surface area (Å²) < 4.78 is 5.84. The third-order valence-electron chi connectivity index (χ3n) is 4.13. The van der Waals surface area contributed by atoms with E-state index in [-0.39, 0.29) is 17.0 Å². The molecule has 0 bridgehead atoms. The molecule has 0 aliphatic heterocycles. The molecule has 6 heteroatoms. The number of aromatic amines is 1. The zero-order valence-corrected chi connectivity index (χ0v) is 16.9. The Bertz CT molecular complexity index is 800. The first kappa shape index (κ1) is 20.3. The number of ether oxygens (including phenoxy) is 1. The second-order valence-corrected chi connectivity index (χ2v) is 7.56. The van der Waals surface area contributed by atoms with Crippen molar-refractivity contribution < 1.29 is 9.53 Å². The van der Waals surface area contributed by atoms with Crippen LogP contribution in [-0.4, -0.2) is 28.3 Å². The van der Waals surface area contributed by atoms with Gasteiger partial charge in [-0.1, -0.05) is 20.8 Å². The Morgan fingerprint density at radius 2 is 1.96 bits per heavy atom. The van der Waals surface area contributed by atoms with Crippen LogP contribution in [-0.2, 0) is 12.8 Å². The van der Waals surface area contributed by atoms with Gasteiger partial charge in [0.15, 0.2) is 5.52 Å². The number of carbonyl (C=O) groups excluding carboxylic acids is 1. The molecule has 2 unspecified atom stereocenters. The van der Waals surface area contributed by atoms with E-state index in [2.05, 4.69) is 9.97 Å². The number of hydrogen-bond donors (Lipinski definition) is 1. The van der Waals surface area contributed by atoms with E-state index in [1.165, 1.54) is 0 Å². The van der Waals surface area contributed by atoms with Crippen molar-refractivity contribution >= 4 is 14.1 Å². The average molecular weight is 374 g/mol. The Balaban J connectivity index is 0.00000117. The first-order valence-electron chi connectivity index (χ1n) is 9.16. The van der Waals surface area contributed by atoms with Gasteiger partial charge in [-0.05, 0) is 58.8 Å². The fourth-order valence-corrected chi connectivity index (χ4v) is 3.67. The monoisotopic (exact) mass is 374 g/mol. The minimum Gasteiger partial charge on any atom is -0.493 e. The van der Waals surface area contributed by atoms with E-state index in [9.17, 15) is 9.59 Å². The highest BCUT2D eigenvalue weighted by Gasteiger charge is 2.26. The Labute approximate surface area is 156 Å². The molecule has 1 heterocycles. The van der Waals surface area contributed by atoms with Gasteiger partial charge in [-0.25, -0.2) is 4.98 Å². The largest absolute Gasteiger partial charge is 0.493 e. The molecule has 26 heavy (non-hydrogen) atoms. The van der Waals surface area contributed by atoms with E-state index in [0.717, 1.165) is 35.2 Å². The number of aromatic nitrogens is 2. The lowest BCUT2D eigenvalue weighted by Crippen LogP contribution is -2.16. The van der Waals surface area contributed by atoms with Gasteiger partial charge in [-0.2, -0.15) is 0 Å². The first-order chi connectivity index (χ1) is 12.6. The van der Waals surface area contributed by atoms with Crippen LogP contribution in [0.25, 0.3) is 0 Å². The van der Waals surface area contributed by atoms with Crippen molar-refractivity contribution in [1.29, 1.82) is 0 Å². The fourth-order valence-electron chi connectivity index (χ4n) is 2.98. The summed E-state index contributed by atoms with van der Waals surface area (Å²) in [7, 11) is 0.328. The Kier molecular flexibility index (Phi) is 7.52. The van der Waals surface area contributed by atoms with Crippen LogP contribution in [0.15, 0.2) is 29.1 Å².